The Morgan fingerprint density at radius 1 is 1.07 bits per heavy atom. The van der Waals surface area contributed by atoms with Crippen LogP contribution in [0.2, 0.25) is 0 Å². The van der Waals surface area contributed by atoms with Gasteiger partial charge in [0.1, 0.15) is 11.5 Å². The van der Waals surface area contributed by atoms with E-state index in [1.165, 1.54) is 11.1 Å². The molecular weight excluding hydrogens is 370 g/mol. The van der Waals surface area contributed by atoms with Crippen LogP contribution in [0.3, 0.4) is 0 Å². The maximum atomic E-state index is 12.6. The summed E-state index contributed by atoms with van der Waals surface area (Å²) in [7, 11) is 4.88. The third kappa shape index (κ3) is 4.74. The number of likely N-dealkylation sites (N-methyl/N-ethyl adjacent to an activating group) is 1. The van der Waals surface area contributed by atoms with Crippen molar-refractivity contribution in [1.82, 2.24) is 15.0 Å². The van der Waals surface area contributed by atoms with Crippen molar-refractivity contribution in [3.05, 3.63) is 59.0 Å². The van der Waals surface area contributed by atoms with Crippen LogP contribution >= 0.6 is 0 Å². The van der Waals surface area contributed by atoms with Crippen LogP contribution in [-0.2, 0) is 17.8 Å². The summed E-state index contributed by atoms with van der Waals surface area (Å²) in [6, 6.07) is 11.4. The van der Waals surface area contributed by atoms with Gasteiger partial charge in [-0.25, -0.2) is 0 Å². The zero-order chi connectivity index (χ0) is 21.0. The fourth-order valence-corrected chi connectivity index (χ4v) is 2.93. The highest BCUT2D eigenvalue weighted by Crippen LogP contribution is 2.31. The summed E-state index contributed by atoms with van der Waals surface area (Å²) in [4.78, 5) is 18.6. The van der Waals surface area contributed by atoms with Crippen molar-refractivity contribution in [3.8, 4) is 22.9 Å². The summed E-state index contributed by atoms with van der Waals surface area (Å²) < 4.78 is 15.9. The number of carbonyl (C=O) groups excluding carboxylic acids is 1. The van der Waals surface area contributed by atoms with Gasteiger partial charge in [-0.3, -0.25) is 4.79 Å². The molecule has 0 saturated heterocycles. The Morgan fingerprint density at radius 3 is 2.55 bits per heavy atom. The third-order valence-electron chi connectivity index (χ3n) is 4.84. The predicted molar refractivity (Wildman–Crippen MR) is 109 cm³/mol. The number of nitrogens with zero attached hydrogens (tertiary/aromatic N) is 3. The van der Waals surface area contributed by atoms with Crippen molar-refractivity contribution < 1.29 is 18.8 Å². The second-order valence-corrected chi connectivity index (χ2v) is 6.92. The van der Waals surface area contributed by atoms with Gasteiger partial charge in [-0.05, 0) is 42.7 Å². The highest BCUT2D eigenvalue weighted by atomic mass is 16.5. The van der Waals surface area contributed by atoms with Crippen LogP contribution in [-0.4, -0.2) is 42.2 Å². The molecule has 7 heteroatoms. The Labute approximate surface area is 170 Å². The van der Waals surface area contributed by atoms with E-state index in [0.29, 0.717) is 35.2 Å². The standard InChI is InChI=1S/C22H25N3O4/c1-14-6-7-16(10-15(14)2)11-21(26)25(3)13-20-23-22(24-29-20)18-9-8-17(27-4)12-19(18)28-5/h6-10,12H,11,13H2,1-5H3. The van der Waals surface area contributed by atoms with Crippen molar-refractivity contribution >= 4 is 5.91 Å². The second kappa shape index (κ2) is 8.77. The van der Waals surface area contributed by atoms with Crippen LogP contribution in [0.25, 0.3) is 11.4 Å². The van der Waals surface area contributed by atoms with Crippen LogP contribution in [0.1, 0.15) is 22.6 Å². The highest BCUT2D eigenvalue weighted by molar-refractivity contribution is 5.78. The molecule has 0 atom stereocenters. The molecule has 7 nitrogen and oxygen atoms in total. The Kier molecular flexibility index (Phi) is 6.16. The number of methoxy groups -OCH3 is 2. The van der Waals surface area contributed by atoms with Crippen LogP contribution in [0.4, 0.5) is 0 Å². The van der Waals surface area contributed by atoms with E-state index in [9.17, 15) is 4.79 Å². The van der Waals surface area contributed by atoms with Gasteiger partial charge in [0.05, 0.1) is 32.7 Å². The van der Waals surface area contributed by atoms with E-state index in [4.69, 9.17) is 14.0 Å². The van der Waals surface area contributed by atoms with E-state index in [1.54, 1.807) is 44.4 Å². The first kappa shape index (κ1) is 20.4. The lowest BCUT2D eigenvalue weighted by atomic mass is 10.0. The van der Waals surface area contributed by atoms with Gasteiger partial charge >= 0.3 is 0 Å². The normalized spacial score (nSPS) is 10.7. The minimum absolute atomic E-state index is 0.0185. The lowest BCUT2D eigenvalue weighted by molar-refractivity contribution is -0.130. The zero-order valence-corrected chi connectivity index (χ0v) is 17.4. The minimum atomic E-state index is -0.0185. The summed E-state index contributed by atoms with van der Waals surface area (Å²) in [5.74, 6) is 1.99. The number of amides is 1. The molecule has 0 N–H and O–H groups in total. The van der Waals surface area contributed by atoms with Gasteiger partial charge in [-0.15, -0.1) is 0 Å². The van der Waals surface area contributed by atoms with Crippen molar-refractivity contribution in [2.75, 3.05) is 21.3 Å². The number of hydrogen-bond acceptors (Lipinski definition) is 6. The topological polar surface area (TPSA) is 77.7 Å². The largest absolute Gasteiger partial charge is 0.497 e. The maximum absolute atomic E-state index is 12.6. The lowest BCUT2D eigenvalue weighted by Crippen LogP contribution is -2.27. The first-order chi connectivity index (χ1) is 13.9. The molecule has 1 amide bonds. The van der Waals surface area contributed by atoms with E-state index in [2.05, 4.69) is 17.1 Å². The molecule has 1 aromatic heterocycles. The number of hydrogen-bond donors (Lipinski definition) is 0. The van der Waals surface area contributed by atoms with Gasteiger partial charge in [0.25, 0.3) is 0 Å². The van der Waals surface area contributed by atoms with Gasteiger partial charge in [-0.1, -0.05) is 23.4 Å². The molecule has 0 radical (unpaired) electrons. The first-order valence-corrected chi connectivity index (χ1v) is 9.26. The number of carbonyl (C=O) groups is 1. The van der Waals surface area contributed by atoms with Crippen molar-refractivity contribution in [3.63, 3.8) is 0 Å². The Balaban J connectivity index is 1.69. The fourth-order valence-electron chi connectivity index (χ4n) is 2.93. The van der Waals surface area contributed by atoms with Gasteiger partial charge in [0.15, 0.2) is 0 Å². The quantitative estimate of drug-likeness (QED) is 0.609. The van der Waals surface area contributed by atoms with Gasteiger partial charge in [-0.2, -0.15) is 4.98 Å². The number of aromatic nitrogens is 2. The Morgan fingerprint density at radius 2 is 1.86 bits per heavy atom. The van der Waals surface area contributed by atoms with Crippen LogP contribution in [0.5, 0.6) is 11.5 Å². The summed E-state index contributed by atoms with van der Waals surface area (Å²) in [5, 5.41) is 4.02. The number of rotatable bonds is 7. The second-order valence-electron chi connectivity index (χ2n) is 6.92. The first-order valence-electron chi connectivity index (χ1n) is 9.26. The van der Waals surface area contributed by atoms with Crippen molar-refractivity contribution in [1.29, 1.82) is 0 Å². The SMILES string of the molecule is COc1ccc(-c2noc(CN(C)C(=O)Cc3ccc(C)c(C)c3)n2)c(OC)c1. The van der Waals surface area contributed by atoms with E-state index >= 15 is 0 Å². The zero-order valence-electron chi connectivity index (χ0n) is 17.4. The molecule has 29 heavy (non-hydrogen) atoms. The molecule has 0 bridgehead atoms. The molecule has 3 aromatic rings. The third-order valence-corrected chi connectivity index (χ3v) is 4.84. The smallest absolute Gasteiger partial charge is 0.246 e. The molecule has 3 rings (SSSR count). The van der Waals surface area contributed by atoms with Gasteiger partial charge in [0, 0.05) is 13.1 Å². The number of benzene rings is 2. The molecule has 152 valence electrons. The summed E-state index contributed by atoms with van der Waals surface area (Å²) in [6.45, 7) is 4.33. The molecule has 0 aliphatic carbocycles. The Hall–Kier alpha value is -3.35. The predicted octanol–water partition coefficient (Wildman–Crippen LogP) is 3.57. The molecular formula is C22H25N3O4. The molecule has 0 spiro atoms. The van der Waals surface area contributed by atoms with Crippen LogP contribution in [0, 0.1) is 13.8 Å². The average molecular weight is 395 g/mol. The molecule has 0 fully saturated rings. The monoisotopic (exact) mass is 395 g/mol. The fraction of sp³-hybridized carbons (Fsp3) is 0.318. The minimum Gasteiger partial charge on any atom is -0.497 e. The number of ether oxygens (including phenoxy) is 2. The number of aryl methyl sites for hydroxylation is 2. The van der Waals surface area contributed by atoms with E-state index in [-0.39, 0.29) is 12.5 Å². The molecule has 0 unspecified atom stereocenters. The Bertz CT molecular complexity index is 1010. The molecule has 0 aliphatic rings. The van der Waals surface area contributed by atoms with Crippen molar-refractivity contribution in [2.45, 2.75) is 26.8 Å². The molecule has 2 aromatic carbocycles. The maximum Gasteiger partial charge on any atom is 0.246 e. The van der Waals surface area contributed by atoms with Crippen LogP contribution in [0.15, 0.2) is 40.9 Å². The van der Waals surface area contributed by atoms with Gasteiger partial charge in [0.2, 0.25) is 17.6 Å². The highest BCUT2D eigenvalue weighted by Gasteiger charge is 2.17. The molecule has 1 heterocycles. The summed E-state index contributed by atoms with van der Waals surface area (Å²) >= 11 is 0. The summed E-state index contributed by atoms with van der Waals surface area (Å²) in [6.07, 6.45) is 0.324. The van der Waals surface area contributed by atoms with E-state index < -0.39 is 0 Å². The van der Waals surface area contributed by atoms with Gasteiger partial charge < -0.3 is 18.9 Å². The molecule has 0 saturated carbocycles. The van der Waals surface area contributed by atoms with Crippen molar-refractivity contribution in [2.24, 2.45) is 0 Å². The molecule has 0 aliphatic heterocycles. The van der Waals surface area contributed by atoms with Crippen LogP contribution < -0.4 is 9.47 Å². The average Bonchev–Trinajstić information content (AvgIpc) is 3.18. The lowest BCUT2D eigenvalue weighted by Gasteiger charge is -2.15. The van der Waals surface area contributed by atoms with E-state index in [1.807, 2.05) is 25.1 Å². The summed E-state index contributed by atoms with van der Waals surface area (Å²) in [5.41, 5.74) is 4.06. The van der Waals surface area contributed by atoms with E-state index in [0.717, 1.165) is 5.56 Å².